The lowest BCUT2D eigenvalue weighted by atomic mass is 10.2. The maximum absolute atomic E-state index is 11.8. The van der Waals surface area contributed by atoms with Gasteiger partial charge in [0.1, 0.15) is 17.5 Å². The number of aromatic nitrogens is 1. The molecule has 0 aliphatic carbocycles. The van der Waals surface area contributed by atoms with E-state index in [-0.39, 0.29) is 11.9 Å². The van der Waals surface area contributed by atoms with Gasteiger partial charge < -0.3 is 4.74 Å². The number of fused-ring (bicyclic) bond motifs is 1. The summed E-state index contributed by atoms with van der Waals surface area (Å²) in [6, 6.07) is 7.88. The molecule has 2 aromatic rings. The molecule has 0 amide bonds. The van der Waals surface area contributed by atoms with Gasteiger partial charge in [0, 0.05) is 0 Å². The number of hydrogen-bond donors (Lipinski definition) is 0. The molecule has 1 atom stereocenters. The van der Waals surface area contributed by atoms with Crippen molar-refractivity contribution in [3.63, 3.8) is 0 Å². The number of esters is 1. The Morgan fingerprint density at radius 2 is 2.28 bits per heavy atom. The third-order valence-electron chi connectivity index (χ3n) is 2.59. The van der Waals surface area contributed by atoms with Gasteiger partial charge in [0.15, 0.2) is 0 Å². The maximum atomic E-state index is 11.8. The van der Waals surface area contributed by atoms with Crippen LogP contribution in [-0.4, -0.2) is 17.6 Å². The number of carbonyl (C=O) groups excluding carboxylic acids is 1. The minimum atomic E-state index is -0.312. The average molecular weight is 261 g/mol. The first-order chi connectivity index (χ1) is 8.72. The van der Waals surface area contributed by atoms with Crippen LogP contribution in [0.1, 0.15) is 24.8 Å². The third kappa shape index (κ3) is 2.76. The molecule has 2 rings (SSSR count). The van der Waals surface area contributed by atoms with Gasteiger partial charge in [-0.25, -0.2) is 4.98 Å². The minimum absolute atomic E-state index is 0.229. The number of carbonyl (C=O) groups is 1. The highest BCUT2D eigenvalue weighted by Crippen LogP contribution is 2.27. The van der Waals surface area contributed by atoms with E-state index in [2.05, 4.69) is 4.98 Å². The summed E-state index contributed by atoms with van der Waals surface area (Å²) in [5.74, 6) is -0.542. The van der Waals surface area contributed by atoms with Crippen molar-refractivity contribution in [3.8, 4) is 0 Å². The first kappa shape index (κ1) is 12.8. The van der Waals surface area contributed by atoms with Crippen LogP contribution in [0.25, 0.3) is 10.2 Å². The molecule has 0 radical (unpaired) electrons. The second-order valence-electron chi connectivity index (χ2n) is 3.94. The number of ether oxygens (including phenoxy) is 1. The SMILES string of the molecule is C/C=C/COC(=O)C(C)c1nc2ccccc2s1. The van der Waals surface area contributed by atoms with Gasteiger partial charge in [-0.2, -0.15) is 0 Å². The number of nitrogens with zero attached hydrogens (tertiary/aromatic N) is 1. The van der Waals surface area contributed by atoms with Crippen molar-refractivity contribution in [1.82, 2.24) is 4.98 Å². The second kappa shape index (κ2) is 5.78. The lowest BCUT2D eigenvalue weighted by molar-refractivity contribution is -0.143. The van der Waals surface area contributed by atoms with Crippen LogP contribution in [0, 0.1) is 0 Å². The van der Waals surface area contributed by atoms with Gasteiger partial charge in [-0.1, -0.05) is 24.3 Å². The predicted molar refractivity (Wildman–Crippen MR) is 73.8 cm³/mol. The van der Waals surface area contributed by atoms with Crippen LogP contribution < -0.4 is 0 Å². The number of thiazole rings is 1. The fourth-order valence-electron chi connectivity index (χ4n) is 1.53. The Bertz CT molecular complexity index is 541. The normalized spacial score (nSPS) is 13.0. The van der Waals surface area contributed by atoms with Crippen molar-refractivity contribution >= 4 is 27.5 Å². The Morgan fingerprint density at radius 1 is 1.50 bits per heavy atom. The molecular weight excluding hydrogens is 246 g/mol. The summed E-state index contributed by atoms with van der Waals surface area (Å²) in [6.45, 7) is 4.05. The fraction of sp³-hybridized carbons (Fsp3) is 0.286. The molecule has 0 spiro atoms. The van der Waals surface area contributed by atoms with Crippen molar-refractivity contribution in [2.24, 2.45) is 0 Å². The topological polar surface area (TPSA) is 39.2 Å². The zero-order chi connectivity index (χ0) is 13.0. The predicted octanol–water partition coefficient (Wildman–Crippen LogP) is 3.52. The summed E-state index contributed by atoms with van der Waals surface area (Å²) in [7, 11) is 0. The Hall–Kier alpha value is -1.68. The monoisotopic (exact) mass is 261 g/mol. The maximum Gasteiger partial charge on any atom is 0.315 e. The first-order valence-electron chi connectivity index (χ1n) is 5.85. The average Bonchev–Trinajstić information content (AvgIpc) is 2.81. The molecule has 1 aromatic carbocycles. The van der Waals surface area contributed by atoms with E-state index in [1.807, 2.05) is 50.3 Å². The molecular formula is C14H15NO2S. The minimum Gasteiger partial charge on any atom is -0.461 e. The summed E-state index contributed by atoms with van der Waals surface area (Å²) < 4.78 is 6.23. The van der Waals surface area contributed by atoms with Crippen molar-refractivity contribution in [1.29, 1.82) is 0 Å². The molecule has 0 aliphatic rings. The Kier molecular flexibility index (Phi) is 4.10. The van der Waals surface area contributed by atoms with Crippen molar-refractivity contribution < 1.29 is 9.53 Å². The summed E-state index contributed by atoms with van der Waals surface area (Å²) in [4.78, 5) is 16.3. The molecule has 4 heteroatoms. The molecule has 94 valence electrons. The molecule has 0 saturated heterocycles. The number of benzene rings is 1. The van der Waals surface area contributed by atoms with Crippen LogP contribution in [0.4, 0.5) is 0 Å². The lowest BCUT2D eigenvalue weighted by Gasteiger charge is -2.06. The van der Waals surface area contributed by atoms with E-state index in [9.17, 15) is 4.79 Å². The highest BCUT2D eigenvalue weighted by Gasteiger charge is 2.20. The van der Waals surface area contributed by atoms with Crippen molar-refractivity contribution in [3.05, 3.63) is 41.4 Å². The second-order valence-corrected chi connectivity index (χ2v) is 5.00. The standard InChI is InChI=1S/C14H15NO2S/c1-3-4-9-17-14(16)10(2)13-15-11-7-5-6-8-12(11)18-13/h3-8,10H,9H2,1-2H3/b4-3+. The molecule has 1 aromatic heterocycles. The van der Waals surface area contributed by atoms with Crippen LogP contribution in [0.3, 0.4) is 0 Å². The van der Waals surface area contributed by atoms with Crippen LogP contribution in [0.15, 0.2) is 36.4 Å². The molecule has 0 fully saturated rings. The zero-order valence-corrected chi connectivity index (χ0v) is 11.2. The summed E-state index contributed by atoms with van der Waals surface area (Å²) >= 11 is 1.54. The van der Waals surface area contributed by atoms with Crippen LogP contribution in [0.5, 0.6) is 0 Å². The van der Waals surface area contributed by atoms with Crippen LogP contribution in [0.2, 0.25) is 0 Å². The summed E-state index contributed by atoms with van der Waals surface area (Å²) in [6.07, 6.45) is 3.67. The molecule has 3 nitrogen and oxygen atoms in total. The number of rotatable bonds is 4. The van der Waals surface area contributed by atoms with E-state index in [1.54, 1.807) is 11.3 Å². The highest BCUT2D eigenvalue weighted by atomic mass is 32.1. The van der Waals surface area contributed by atoms with E-state index >= 15 is 0 Å². The fourth-order valence-corrected chi connectivity index (χ4v) is 2.53. The van der Waals surface area contributed by atoms with Crippen LogP contribution in [-0.2, 0) is 9.53 Å². The Morgan fingerprint density at radius 3 is 3.00 bits per heavy atom. The molecule has 1 unspecified atom stereocenters. The van der Waals surface area contributed by atoms with Gasteiger partial charge in [0.05, 0.1) is 10.2 Å². The van der Waals surface area contributed by atoms with Crippen LogP contribution >= 0.6 is 11.3 Å². The molecule has 0 aliphatic heterocycles. The zero-order valence-electron chi connectivity index (χ0n) is 10.4. The molecule has 0 saturated carbocycles. The van der Waals surface area contributed by atoms with E-state index < -0.39 is 0 Å². The van der Waals surface area contributed by atoms with Gasteiger partial charge in [-0.15, -0.1) is 11.3 Å². The van der Waals surface area contributed by atoms with Gasteiger partial charge in [-0.05, 0) is 26.0 Å². The van der Waals surface area contributed by atoms with E-state index in [1.165, 1.54) is 0 Å². The van der Waals surface area contributed by atoms with Crippen molar-refractivity contribution in [2.75, 3.05) is 6.61 Å². The smallest absolute Gasteiger partial charge is 0.315 e. The molecule has 18 heavy (non-hydrogen) atoms. The number of allylic oxidation sites excluding steroid dienone is 1. The van der Waals surface area contributed by atoms with Crippen molar-refractivity contribution in [2.45, 2.75) is 19.8 Å². The van der Waals surface area contributed by atoms with Gasteiger partial charge in [-0.3, -0.25) is 4.79 Å². The largest absolute Gasteiger partial charge is 0.461 e. The Balaban J connectivity index is 2.12. The highest BCUT2D eigenvalue weighted by molar-refractivity contribution is 7.18. The quantitative estimate of drug-likeness (QED) is 0.624. The van der Waals surface area contributed by atoms with E-state index in [0.29, 0.717) is 6.61 Å². The molecule has 0 N–H and O–H groups in total. The molecule has 1 heterocycles. The number of hydrogen-bond acceptors (Lipinski definition) is 4. The van der Waals surface area contributed by atoms with Gasteiger partial charge >= 0.3 is 5.97 Å². The lowest BCUT2D eigenvalue weighted by Crippen LogP contribution is -2.12. The van der Waals surface area contributed by atoms with E-state index in [0.717, 1.165) is 15.2 Å². The van der Waals surface area contributed by atoms with Gasteiger partial charge in [0.2, 0.25) is 0 Å². The first-order valence-corrected chi connectivity index (χ1v) is 6.67. The summed E-state index contributed by atoms with van der Waals surface area (Å²) in [5, 5.41) is 0.807. The third-order valence-corrected chi connectivity index (χ3v) is 3.81. The number of para-hydroxylation sites is 1. The van der Waals surface area contributed by atoms with Gasteiger partial charge in [0.25, 0.3) is 0 Å². The Labute approximate surface area is 110 Å². The van der Waals surface area contributed by atoms with E-state index in [4.69, 9.17) is 4.74 Å². The molecule has 0 bridgehead atoms. The summed E-state index contributed by atoms with van der Waals surface area (Å²) in [5.41, 5.74) is 0.936.